The summed E-state index contributed by atoms with van der Waals surface area (Å²) in [5, 5.41) is 2.61. The van der Waals surface area contributed by atoms with E-state index in [4.69, 9.17) is 17.0 Å². The van der Waals surface area contributed by atoms with Crippen LogP contribution in [0.2, 0.25) is 0 Å². The fourth-order valence-electron chi connectivity index (χ4n) is 2.99. The summed E-state index contributed by atoms with van der Waals surface area (Å²) in [6.45, 7) is 3.21. The minimum atomic E-state index is -0.183. The molecule has 2 aliphatic rings. The van der Waals surface area contributed by atoms with E-state index in [1.807, 2.05) is 18.2 Å². The molecule has 0 radical (unpaired) electrons. The van der Waals surface area contributed by atoms with Crippen LogP contribution in [-0.2, 0) is 9.59 Å². The maximum absolute atomic E-state index is 12.6. The number of thiocarbonyl (C=S) groups is 1. The van der Waals surface area contributed by atoms with Gasteiger partial charge in [-0.1, -0.05) is 56.2 Å². The molecule has 1 aromatic rings. The number of anilines is 1. The number of nitrogens with one attached hydrogen (secondary N) is 1. The molecule has 7 heteroatoms. The zero-order valence-electron chi connectivity index (χ0n) is 14.7. The lowest BCUT2D eigenvalue weighted by Crippen LogP contribution is -2.37. The van der Waals surface area contributed by atoms with E-state index in [1.165, 1.54) is 11.8 Å². The molecular formula is C19H22N2O3S2. The van der Waals surface area contributed by atoms with Gasteiger partial charge in [-0.2, -0.15) is 0 Å². The van der Waals surface area contributed by atoms with Crippen molar-refractivity contribution in [2.24, 2.45) is 0 Å². The second-order valence-corrected chi connectivity index (χ2v) is 8.00. The predicted molar refractivity (Wildman–Crippen MR) is 109 cm³/mol. The van der Waals surface area contributed by atoms with Gasteiger partial charge in [-0.15, -0.1) is 0 Å². The van der Waals surface area contributed by atoms with E-state index in [1.54, 1.807) is 11.0 Å². The number of benzene rings is 1. The Hall–Kier alpha value is -1.86. The summed E-state index contributed by atoms with van der Waals surface area (Å²) in [5.74, 6) is 0.654. The van der Waals surface area contributed by atoms with E-state index in [2.05, 4.69) is 12.2 Å². The number of fused-ring (bicyclic) bond motifs is 1. The van der Waals surface area contributed by atoms with Crippen molar-refractivity contribution in [2.45, 2.75) is 39.0 Å². The van der Waals surface area contributed by atoms with Gasteiger partial charge in [0, 0.05) is 6.42 Å². The van der Waals surface area contributed by atoms with E-state index in [0.717, 1.165) is 36.9 Å². The highest BCUT2D eigenvalue weighted by Crippen LogP contribution is 2.35. The van der Waals surface area contributed by atoms with E-state index in [-0.39, 0.29) is 11.8 Å². The summed E-state index contributed by atoms with van der Waals surface area (Å²) in [7, 11) is 0. The van der Waals surface area contributed by atoms with Crippen molar-refractivity contribution in [3.63, 3.8) is 0 Å². The SMILES string of the molecule is CCCCCCC(=O)N1CCOc2ccc(C=C3SC(=S)NC3=O)cc21. The Bertz CT molecular complexity index is 761. The molecule has 1 aromatic carbocycles. The number of nitrogens with zero attached hydrogens (tertiary/aromatic N) is 1. The van der Waals surface area contributed by atoms with Crippen molar-refractivity contribution in [2.75, 3.05) is 18.1 Å². The third kappa shape index (κ3) is 4.45. The van der Waals surface area contributed by atoms with Gasteiger partial charge in [0.1, 0.15) is 16.7 Å². The van der Waals surface area contributed by atoms with Crippen LogP contribution in [0.5, 0.6) is 5.75 Å². The van der Waals surface area contributed by atoms with Crippen LogP contribution >= 0.6 is 24.0 Å². The minimum absolute atomic E-state index is 0.129. The van der Waals surface area contributed by atoms with Crippen molar-refractivity contribution >= 4 is 51.9 Å². The number of rotatable bonds is 6. The lowest BCUT2D eigenvalue weighted by molar-refractivity contribution is -0.119. The molecule has 2 aliphatic heterocycles. The summed E-state index contributed by atoms with van der Waals surface area (Å²) >= 11 is 6.26. The lowest BCUT2D eigenvalue weighted by atomic mass is 10.1. The first-order chi connectivity index (χ1) is 12.6. The summed E-state index contributed by atoms with van der Waals surface area (Å²) in [5.41, 5.74) is 1.62. The van der Waals surface area contributed by atoms with E-state index in [9.17, 15) is 9.59 Å². The second-order valence-electron chi connectivity index (χ2n) is 6.28. The van der Waals surface area contributed by atoms with Crippen LogP contribution in [0.4, 0.5) is 5.69 Å². The minimum Gasteiger partial charge on any atom is -0.490 e. The highest BCUT2D eigenvalue weighted by atomic mass is 32.2. The van der Waals surface area contributed by atoms with Crippen LogP contribution in [0.15, 0.2) is 23.1 Å². The summed E-state index contributed by atoms with van der Waals surface area (Å²) < 4.78 is 6.15. The Morgan fingerprint density at radius 1 is 1.38 bits per heavy atom. The molecule has 2 heterocycles. The van der Waals surface area contributed by atoms with Gasteiger partial charge in [0.05, 0.1) is 17.1 Å². The largest absolute Gasteiger partial charge is 0.490 e. The monoisotopic (exact) mass is 390 g/mol. The molecule has 1 saturated heterocycles. The molecule has 0 saturated carbocycles. The number of unbranched alkanes of at least 4 members (excludes halogenated alkanes) is 3. The number of hydrogen-bond donors (Lipinski definition) is 1. The smallest absolute Gasteiger partial charge is 0.263 e. The average Bonchev–Trinajstić information content (AvgIpc) is 2.95. The molecule has 1 fully saturated rings. The van der Waals surface area contributed by atoms with Crippen molar-refractivity contribution in [1.82, 2.24) is 5.32 Å². The molecule has 0 aromatic heterocycles. The van der Waals surface area contributed by atoms with Gasteiger partial charge >= 0.3 is 0 Å². The van der Waals surface area contributed by atoms with Crippen LogP contribution in [0, 0.1) is 0 Å². The molecule has 138 valence electrons. The van der Waals surface area contributed by atoms with Gasteiger partial charge < -0.3 is 15.0 Å². The van der Waals surface area contributed by atoms with E-state index in [0.29, 0.717) is 34.5 Å². The topological polar surface area (TPSA) is 58.6 Å². The zero-order chi connectivity index (χ0) is 18.5. The first kappa shape index (κ1) is 18.9. The highest BCUT2D eigenvalue weighted by molar-refractivity contribution is 8.26. The number of thioether (sulfide) groups is 1. The molecule has 26 heavy (non-hydrogen) atoms. The molecule has 5 nitrogen and oxygen atoms in total. The normalized spacial score (nSPS) is 17.9. The average molecular weight is 391 g/mol. The van der Waals surface area contributed by atoms with Crippen molar-refractivity contribution in [3.8, 4) is 5.75 Å². The first-order valence-electron chi connectivity index (χ1n) is 8.90. The predicted octanol–water partition coefficient (Wildman–Crippen LogP) is 3.87. The van der Waals surface area contributed by atoms with Crippen molar-refractivity contribution in [3.05, 3.63) is 28.7 Å². The van der Waals surface area contributed by atoms with Gasteiger partial charge in [-0.05, 0) is 30.2 Å². The first-order valence-corrected chi connectivity index (χ1v) is 10.1. The Labute approximate surface area is 163 Å². The third-order valence-electron chi connectivity index (χ3n) is 4.33. The van der Waals surface area contributed by atoms with Gasteiger partial charge in [0.25, 0.3) is 5.91 Å². The summed E-state index contributed by atoms with van der Waals surface area (Å²) in [6, 6.07) is 5.64. The van der Waals surface area contributed by atoms with Gasteiger partial charge in [0.15, 0.2) is 0 Å². The van der Waals surface area contributed by atoms with E-state index < -0.39 is 0 Å². The maximum Gasteiger partial charge on any atom is 0.263 e. The number of carbonyl (C=O) groups is 2. The summed E-state index contributed by atoms with van der Waals surface area (Å²) in [6.07, 6.45) is 6.65. The van der Waals surface area contributed by atoms with Crippen LogP contribution in [0.3, 0.4) is 0 Å². The Balaban J connectivity index is 1.77. The van der Waals surface area contributed by atoms with Crippen LogP contribution in [0.1, 0.15) is 44.6 Å². The Morgan fingerprint density at radius 2 is 2.23 bits per heavy atom. The molecule has 3 rings (SSSR count). The number of hydrogen-bond acceptors (Lipinski definition) is 5. The number of ether oxygens (including phenoxy) is 1. The Kier molecular flexibility index (Phi) is 6.32. The lowest BCUT2D eigenvalue weighted by Gasteiger charge is -2.30. The van der Waals surface area contributed by atoms with E-state index >= 15 is 0 Å². The van der Waals surface area contributed by atoms with Gasteiger partial charge in [0.2, 0.25) is 5.91 Å². The molecule has 0 unspecified atom stereocenters. The van der Waals surface area contributed by atoms with Crippen LogP contribution < -0.4 is 15.0 Å². The van der Waals surface area contributed by atoms with Gasteiger partial charge in [-0.25, -0.2) is 0 Å². The van der Waals surface area contributed by atoms with Crippen LogP contribution in [-0.4, -0.2) is 29.3 Å². The molecule has 0 aliphatic carbocycles. The van der Waals surface area contributed by atoms with Crippen molar-refractivity contribution in [1.29, 1.82) is 0 Å². The standard InChI is InChI=1S/C19H22N2O3S2/c1-2-3-4-5-6-17(22)21-9-10-24-15-8-7-13(11-14(15)21)12-16-18(23)20-19(25)26-16/h7-8,11-12H,2-6,9-10H2,1H3,(H,20,23,25). The van der Waals surface area contributed by atoms with Crippen LogP contribution in [0.25, 0.3) is 6.08 Å². The zero-order valence-corrected chi connectivity index (χ0v) is 16.4. The molecule has 0 spiro atoms. The molecule has 2 amide bonds. The highest BCUT2D eigenvalue weighted by Gasteiger charge is 2.25. The molecular weight excluding hydrogens is 368 g/mol. The third-order valence-corrected chi connectivity index (χ3v) is 5.49. The van der Waals surface area contributed by atoms with Gasteiger partial charge in [-0.3, -0.25) is 9.59 Å². The fraction of sp³-hybridized carbons (Fsp3) is 0.421. The molecule has 0 atom stereocenters. The number of amides is 2. The second kappa shape index (κ2) is 8.68. The molecule has 1 N–H and O–H groups in total. The quantitative estimate of drug-likeness (QED) is 0.454. The maximum atomic E-state index is 12.6. The Morgan fingerprint density at radius 3 is 2.96 bits per heavy atom. The molecule has 0 bridgehead atoms. The fourth-order valence-corrected chi connectivity index (χ4v) is 4.04. The van der Waals surface area contributed by atoms with Crippen molar-refractivity contribution < 1.29 is 14.3 Å². The summed E-state index contributed by atoms with van der Waals surface area (Å²) in [4.78, 5) is 26.9. The number of carbonyl (C=O) groups excluding carboxylic acids is 2.